The fraction of sp³-hybridized carbons (Fsp3) is 0. The van der Waals surface area contributed by atoms with Crippen molar-refractivity contribution < 1.29 is 28.7 Å². The average molecular weight is 586 g/mol. The predicted molar refractivity (Wildman–Crippen MR) is 148 cm³/mol. The molecule has 39 heavy (non-hydrogen) atoms. The number of hydrogen-bond acceptors (Lipinski definition) is 7. The molecule has 0 fully saturated rings. The Morgan fingerprint density at radius 3 is 1.90 bits per heavy atom. The van der Waals surface area contributed by atoms with Crippen molar-refractivity contribution in [2.45, 2.75) is 0 Å². The van der Waals surface area contributed by atoms with E-state index in [9.17, 15) is 19.2 Å². The highest BCUT2D eigenvalue weighted by molar-refractivity contribution is 9.10. The van der Waals surface area contributed by atoms with Gasteiger partial charge < -0.3 is 14.8 Å². The van der Waals surface area contributed by atoms with Crippen LogP contribution in [0.25, 0.3) is 0 Å². The number of carbonyl (C=O) groups is 4. The summed E-state index contributed by atoms with van der Waals surface area (Å²) in [4.78, 5) is 49.5. The summed E-state index contributed by atoms with van der Waals surface area (Å²) in [5.74, 6) is -3.05. The van der Waals surface area contributed by atoms with Crippen molar-refractivity contribution in [1.82, 2.24) is 5.43 Å². The van der Waals surface area contributed by atoms with E-state index in [2.05, 4.69) is 31.8 Å². The number of hydrazone groups is 1. The van der Waals surface area contributed by atoms with Crippen LogP contribution in [0.15, 0.2) is 113 Å². The maximum absolute atomic E-state index is 12.7. The van der Waals surface area contributed by atoms with Crippen LogP contribution in [0.4, 0.5) is 5.69 Å². The minimum atomic E-state index is -1.01. The Morgan fingerprint density at radius 2 is 1.28 bits per heavy atom. The molecule has 4 aromatic carbocycles. The monoisotopic (exact) mass is 585 g/mol. The number of benzene rings is 4. The van der Waals surface area contributed by atoms with Crippen LogP contribution in [0.5, 0.6) is 11.5 Å². The summed E-state index contributed by atoms with van der Waals surface area (Å²) in [6.45, 7) is 0. The Morgan fingerprint density at radius 1 is 0.692 bits per heavy atom. The Hall–Kier alpha value is -5.09. The van der Waals surface area contributed by atoms with Crippen LogP contribution in [0.2, 0.25) is 0 Å². The van der Waals surface area contributed by atoms with Gasteiger partial charge in [0.1, 0.15) is 11.5 Å². The quantitative estimate of drug-likeness (QED) is 0.104. The predicted octanol–water partition coefficient (Wildman–Crippen LogP) is 4.98. The number of anilines is 1. The van der Waals surface area contributed by atoms with Gasteiger partial charge in [0.2, 0.25) is 0 Å². The lowest BCUT2D eigenvalue weighted by Crippen LogP contribution is -2.32. The SMILES string of the molecule is O=C(NN=Cc1ccc(OC(=O)c2ccccc2)cc1OC(=O)c1ccccc1)C(=O)Nc1ccc(Br)cc1. The molecule has 0 aliphatic carbocycles. The maximum atomic E-state index is 12.7. The number of esters is 2. The lowest BCUT2D eigenvalue weighted by atomic mass is 10.2. The molecular weight excluding hydrogens is 566 g/mol. The number of ether oxygens (including phenoxy) is 2. The van der Waals surface area contributed by atoms with Gasteiger partial charge in [-0.15, -0.1) is 0 Å². The first-order chi connectivity index (χ1) is 18.9. The van der Waals surface area contributed by atoms with Crippen LogP contribution in [0.3, 0.4) is 0 Å². The standard InChI is InChI=1S/C29H20BrN3O6/c30-22-12-14-23(15-13-22)32-26(34)27(35)33-31-18-21-11-16-24(38-28(36)19-7-3-1-4-8-19)17-25(21)39-29(37)20-9-5-2-6-10-20/h1-18H,(H,32,34)(H,33,35). The molecule has 2 N–H and O–H groups in total. The molecule has 4 rings (SSSR count). The summed E-state index contributed by atoms with van der Waals surface area (Å²) in [6.07, 6.45) is 1.20. The first-order valence-corrected chi connectivity index (χ1v) is 12.3. The van der Waals surface area contributed by atoms with E-state index < -0.39 is 23.8 Å². The molecule has 9 nitrogen and oxygen atoms in total. The maximum Gasteiger partial charge on any atom is 0.343 e. The molecule has 0 unspecified atom stereocenters. The zero-order valence-electron chi connectivity index (χ0n) is 20.2. The average Bonchev–Trinajstić information content (AvgIpc) is 2.96. The lowest BCUT2D eigenvalue weighted by molar-refractivity contribution is -0.136. The summed E-state index contributed by atoms with van der Waals surface area (Å²) in [5.41, 5.74) is 3.46. The zero-order valence-corrected chi connectivity index (χ0v) is 21.8. The third-order valence-electron chi connectivity index (χ3n) is 5.10. The Kier molecular flexibility index (Phi) is 8.94. The molecule has 194 valence electrons. The van der Waals surface area contributed by atoms with Crippen molar-refractivity contribution in [1.29, 1.82) is 0 Å². The van der Waals surface area contributed by atoms with Crippen LogP contribution in [-0.2, 0) is 9.59 Å². The van der Waals surface area contributed by atoms with Crippen molar-refractivity contribution in [3.63, 3.8) is 0 Å². The molecule has 0 aliphatic heterocycles. The van der Waals surface area contributed by atoms with E-state index in [4.69, 9.17) is 9.47 Å². The van der Waals surface area contributed by atoms with Crippen molar-refractivity contribution in [3.05, 3.63) is 124 Å². The molecule has 0 bridgehead atoms. The highest BCUT2D eigenvalue weighted by Crippen LogP contribution is 2.26. The van der Waals surface area contributed by atoms with E-state index >= 15 is 0 Å². The van der Waals surface area contributed by atoms with Crippen molar-refractivity contribution in [2.75, 3.05) is 5.32 Å². The molecule has 4 aromatic rings. The molecule has 0 aliphatic rings. The molecule has 10 heteroatoms. The molecule has 0 atom stereocenters. The van der Waals surface area contributed by atoms with E-state index in [1.807, 2.05) is 0 Å². The number of halogens is 1. The third kappa shape index (κ3) is 7.70. The van der Waals surface area contributed by atoms with E-state index in [1.54, 1.807) is 84.9 Å². The van der Waals surface area contributed by atoms with Crippen LogP contribution in [0, 0.1) is 0 Å². The fourth-order valence-electron chi connectivity index (χ4n) is 3.18. The van der Waals surface area contributed by atoms with Crippen molar-refractivity contribution >= 4 is 51.6 Å². The zero-order chi connectivity index (χ0) is 27.6. The molecular formula is C29H20BrN3O6. The van der Waals surface area contributed by atoms with Gasteiger partial charge in [-0.2, -0.15) is 5.10 Å². The summed E-state index contributed by atoms with van der Waals surface area (Å²) >= 11 is 3.29. The van der Waals surface area contributed by atoms with Crippen LogP contribution in [-0.4, -0.2) is 30.0 Å². The van der Waals surface area contributed by atoms with Gasteiger partial charge in [-0.25, -0.2) is 15.0 Å². The second-order valence-electron chi connectivity index (χ2n) is 7.87. The van der Waals surface area contributed by atoms with Gasteiger partial charge in [0.15, 0.2) is 0 Å². The van der Waals surface area contributed by atoms with Gasteiger partial charge in [0, 0.05) is 21.8 Å². The van der Waals surface area contributed by atoms with Crippen LogP contribution in [0.1, 0.15) is 26.3 Å². The Labute approximate surface area is 231 Å². The summed E-state index contributed by atoms with van der Waals surface area (Å²) in [6, 6.07) is 27.7. The number of hydrogen-bond donors (Lipinski definition) is 2. The first-order valence-electron chi connectivity index (χ1n) is 11.5. The Bertz CT molecular complexity index is 1520. The minimum absolute atomic E-state index is 0.0135. The van der Waals surface area contributed by atoms with E-state index in [-0.39, 0.29) is 17.1 Å². The second kappa shape index (κ2) is 12.9. The highest BCUT2D eigenvalue weighted by Gasteiger charge is 2.16. The topological polar surface area (TPSA) is 123 Å². The fourth-order valence-corrected chi connectivity index (χ4v) is 3.44. The van der Waals surface area contributed by atoms with Gasteiger partial charge in [-0.1, -0.05) is 52.3 Å². The normalized spacial score (nSPS) is 10.5. The van der Waals surface area contributed by atoms with Crippen LogP contribution < -0.4 is 20.2 Å². The highest BCUT2D eigenvalue weighted by atomic mass is 79.9. The summed E-state index contributed by atoms with van der Waals surface area (Å²) in [7, 11) is 0. The number of carbonyl (C=O) groups excluding carboxylic acids is 4. The van der Waals surface area contributed by atoms with Crippen molar-refractivity contribution in [3.8, 4) is 11.5 Å². The molecule has 0 spiro atoms. The number of rotatable bonds is 7. The van der Waals surface area contributed by atoms with Crippen molar-refractivity contribution in [2.24, 2.45) is 5.10 Å². The largest absolute Gasteiger partial charge is 0.423 e. The molecule has 0 saturated heterocycles. The van der Waals surface area contributed by atoms with Gasteiger partial charge in [-0.05, 0) is 60.7 Å². The summed E-state index contributed by atoms with van der Waals surface area (Å²) < 4.78 is 11.8. The number of amides is 2. The van der Waals surface area contributed by atoms with E-state index in [0.717, 1.165) is 4.47 Å². The number of nitrogens with one attached hydrogen (secondary N) is 2. The molecule has 0 saturated carbocycles. The minimum Gasteiger partial charge on any atom is -0.423 e. The van der Waals surface area contributed by atoms with Gasteiger partial charge in [-0.3, -0.25) is 9.59 Å². The molecule has 0 aromatic heterocycles. The Balaban J connectivity index is 1.49. The lowest BCUT2D eigenvalue weighted by Gasteiger charge is -2.10. The smallest absolute Gasteiger partial charge is 0.343 e. The second-order valence-corrected chi connectivity index (χ2v) is 8.79. The molecule has 0 radical (unpaired) electrons. The molecule has 2 amide bonds. The first kappa shape index (κ1) is 27.0. The van der Waals surface area contributed by atoms with Gasteiger partial charge in [0.05, 0.1) is 17.3 Å². The van der Waals surface area contributed by atoms with Gasteiger partial charge in [0.25, 0.3) is 0 Å². The third-order valence-corrected chi connectivity index (χ3v) is 5.62. The summed E-state index contributed by atoms with van der Waals surface area (Å²) in [5, 5.41) is 6.25. The number of nitrogens with zero attached hydrogens (tertiary/aromatic N) is 1. The van der Waals surface area contributed by atoms with Gasteiger partial charge >= 0.3 is 23.8 Å². The van der Waals surface area contributed by atoms with E-state index in [1.165, 1.54) is 24.4 Å². The van der Waals surface area contributed by atoms with Crippen LogP contribution >= 0.6 is 15.9 Å². The molecule has 0 heterocycles. The van der Waals surface area contributed by atoms with E-state index in [0.29, 0.717) is 16.8 Å².